The van der Waals surface area contributed by atoms with Gasteiger partial charge in [-0.1, -0.05) is 54.5 Å². The lowest BCUT2D eigenvalue weighted by molar-refractivity contribution is 0.0638. The zero-order valence-corrected chi connectivity index (χ0v) is 16.5. The van der Waals surface area contributed by atoms with Gasteiger partial charge < -0.3 is 10.4 Å². The van der Waals surface area contributed by atoms with Crippen LogP contribution in [0.25, 0.3) is 0 Å². The van der Waals surface area contributed by atoms with E-state index in [1.165, 1.54) is 12.1 Å². The molecule has 0 saturated heterocycles. The molecule has 0 aliphatic heterocycles. The van der Waals surface area contributed by atoms with Crippen LogP contribution >= 0.6 is 0 Å². The molecule has 3 aromatic rings. The highest BCUT2D eigenvalue weighted by Gasteiger charge is 2.28. The molecule has 3 nitrogen and oxygen atoms in total. The Labute approximate surface area is 174 Å². The highest BCUT2D eigenvalue weighted by Crippen LogP contribution is 2.26. The van der Waals surface area contributed by atoms with E-state index in [2.05, 4.69) is 17.2 Å². The summed E-state index contributed by atoms with van der Waals surface area (Å²) in [5.41, 5.74) is 3.60. The van der Waals surface area contributed by atoms with Crippen molar-refractivity contribution < 1.29 is 18.7 Å². The van der Waals surface area contributed by atoms with Crippen LogP contribution < -0.4 is 5.32 Å². The Morgan fingerprint density at radius 1 is 1.00 bits per heavy atom. The summed E-state index contributed by atoms with van der Waals surface area (Å²) in [7, 11) is 0. The van der Waals surface area contributed by atoms with E-state index in [0.717, 1.165) is 16.7 Å². The molecule has 0 atom stereocenters. The summed E-state index contributed by atoms with van der Waals surface area (Å²) >= 11 is 0. The lowest BCUT2D eigenvalue weighted by atomic mass is 10.0. The van der Waals surface area contributed by atoms with Gasteiger partial charge in [0.1, 0.15) is 0 Å². The predicted octanol–water partition coefficient (Wildman–Crippen LogP) is 5.13. The standard InChI is InChI=1S/C25H21F2NO2/c1-18-7-8-19(13-14-25(26,27)23-5-3-2-4-6-23)15-22(18)17-28-16-20-9-11-21(12-10-20)24(29)30/h2-12,15,28H,16-17H2,1H3,(H,29,30). The number of carbonyl (C=O) groups is 1. The van der Waals surface area contributed by atoms with Crippen LogP contribution in [0.4, 0.5) is 8.78 Å². The summed E-state index contributed by atoms with van der Waals surface area (Å²) in [6.45, 7) is 3.05. The molecule has 3 aromatic carbocycles. The fraction of sp³-hybridized carbons (Fsp3) is 0.160. The van der Waals surface area contributed by atoms with Gasteiger partial charge in [0.05, 0.1) is 5.56 Å². The Morgan fingerprint density at radius 2 is 1.70 bits per heavy atom. The molecule has 0 aliphatic carbocycles. The van der Waals surface area contributed by atoms with Crippen molar-refractivity contribution in [3.63, 3.8) is 0 Å². The molecule has 5 heteroatoms. The van der Waals surface area contributed by atoms with Gasteiger partial charge in [0, 0.05) is 24.2 Å². The predicted molar refractivity (Wildman–Crippen MR) is 112 cm³/mol. The Kier molecular flexibility index (Phi) is 6.61. The first-order chi connectivity index (χ1) is 14.3. The zero-order valence-electron chi connectivity index (χ0n) is 16.5. The minimum Gasteiger partial charge on any atom is -0.478 e. The molecule has 0 unspecified atom stereocenters. The second-order valence-electron chi connectivity index (χ2n) is 6.94. The van der Waals surface area contributed by atoms with Crippen molar-refractivity contribution in [1.82, 2.24) is 5.32 Å². The van der Waals surface area contributed by atoms with Gasteiger partial charge >= 0.3 is 11.9 Å². The number of benzene rings is 3. The van der Waals surface area contributed by atoms with E-state index in [9.17, 15) is 13.6 Å². The molecule has 0 heterocycles. The lowest BCUT2D eigenvalue weighted by Crippen LogP contribution is -2.14. The highest BCUT2D eigenvalue weighted by molar-refractivity contribution is 5.87. The van der Waals surface area contributed by atoms with E-state index < -0.39 is 11.9 Å². The molecular weight excluding hydrogens is 384 g/mol. The average Bonchev–Trinajstić information content (AvgIpc) is 2.75. The normalized spacial score (nSPS) is 10.9. The maximum absolute atomic E-state index is 14.3. The fourth-order valence-corrected chi connectivity index (χ4v) is 2.92. The number of nitrogens with one attached hydrogen (secondary N) is 1. The van der Waals surface area contributed by atoms with E-state index in [0.29, 0.717) is 18.7 Å². The summed E-state index contributed by atoms with van der Waals surface area (Å²) in [5.74, 6) is 0.502. The van der Waals surface area contributed by atoms with Gasteiger partial charge in [-0.05, 0) is 53.8 Å². The number of alkyl halides is 2. The number of halogens is 2. The van der Waals surface area contributed by atoms with Gasteiger partial charge in [-0.2, -0.15) is 8.78 Å². The molecule has 0 radical (unpaired) electrons. The third-order valence-electron chi connectivity index (χ3n) is 4.69. The van der Waals surface area contributed by atoms with Gasteiger partial charge in [-0.3, -0.25) is 0 Å². The molecule has 3 rings (SSSR count). The van der Waals surface area contributed by atoms with Crippen LogP contribution in [-0.2, 0) is 19.0 Å². The Balaban J connectivity index is 1.66. The third kappa shape index (κ3) is 5.53. The van der Waals surface area contributed by atoms with Crippen LogP contribution in [0, 0.1) is 18.8 Å². The van der Waals surface area contributed by atoms with Crippen LogP contribution in [-0.4, -0.2) is 11.1 Å². The molecule has 2 N–H and O–H groups in total. The van der Waals surface area contributed by atoms with Gasteiger partial charge in [0.2, 0.25) is 0 Å². The number of aromatic carboxylic acids is 1. The van der Waals surface area contributed by atoms with Crippen LogP contribution in [0.1, 0.15) is 38.2 Å². The number of carboxylic acid groups (broad SMARTS) is 1. The first kappa shape index (κ1) is 21.2. The molecule has 30 heavy (non-hydrogen) atoms. The van der Waals surface area contributed by atoms with Gasteiger partial charge in [0.15, 0.2) is 0 Å². The zero-order chi connectivity index (χ0) is 21.6. The first-order valence-electron chi connectivity index (χ1n) is 9.44. The van der Waals surface area contributed by atoms with Crippen molar-refractivity contribution in [2.24, 2.45) is 0 Å². The SMILES string of the molecule is Cc1ccc(C#CC(F)(F)c2ccccc2)cc1CNCc1ccc(C(=O)O)cc1. The highest BCUT2D eigenvalue weighted by atomic mass is 19.3. The Morgan fingerprint density at radius 3 is 2.37 bits per heavy atom. The van der Waals surface area contributed by atoms with Crippen molar-refractivity contribution in [2.45, 2.75) is 25.9 Å². The van der Waals surface area contributed by atoms with Crippen LogP contribution in [0.2, 0.25) is 0 Å². The fourth-order valence-electron chi connectivity index (χ4n) is 2.92. The second-order valence-corrected chi connectivity index (χ2v) is 6.94. The van der Waals surface area contributed by atoms with Crippen molar-refractivity contribution in [2.75, 3.05) is 0 Å². The van der Waals surface area contributed by atoms with Crippen LogP contribution in [0.3, 0.4) is 0 Å². The number of hydrogen-bond acceptors (Lipinski definition) is 2. The summed E-state index contributed by atoms with van der Waals surface area (Å²) in [6.07, 6.45) is 0. The summed E-state index contributed by atoms with van der Waals surface area (Å²) in [4.78, 5) is 10.9. The maximum Gasteiger partial charge on any atom is 0.335 e. The minimum absolute atomic E-state index is 0.125. The second kappa shape index (κ2) is 9.34. The molecular formula is C25H21F2NO2. The third-order valence-corrected chi connectivity index (χ3v) is 4.69. The summed E-state index contributed by atoms with van der Waals surface area (Å²) < 4.78 is 28.5. The van der Waals surface area contributed by atoms with Crippen molar-refractivity contribution in [3.8, 4) is 11.8 Å². The molecule has 0 saturated carbocycles. The summed E-state index contributed by atoms with van der Waals surface area (Å²) in [6, 6.07) is 19.6. The van der Waals surface area contributed by atoms with Crippen LogP contribution in [0.5, 0.6) is 0 Å². The average molecular weight is 405 g/mol. The largest absolute Gasteiger partial charge is 0.478 e. The number of hydrogen-bond donors (Lipinski definition) is 2. The van der Waals surface area contributed by atoms with Gasteiger partial charge in [0.25, 0.3) is 0 Å². The lowest BCUT2D eigenvalue weighted by Gasteiger charge is -2.10. The topological polar surface area (TPSA) is 49.3 Å². The molecule has 0 aliphatic rings. The maximum atomic E-state index is 14.3. The molecule has 152 valence electrons. The van der Waals surface area contributed by atoms with E-state index >= 15 is 0 Å². The minimum atomic E-state index is -3.22. The Bertz CT molecular complexity index is 1080. The molecule has 0 amide bonds. The van der Waals surface area contributed by atoms with E-state index in [4.69, 9.17) is 5.11 Å². The smallest absolute Gasteiger partial charge is 0.335 e. The van der Waals surface area contributed by atoms with Crippen molar-refractivity contribution in [1.29, 1.82) is 0 Å². The molecule has 0 aromatic heterocycles. The monoisotopic (exact) mass is 405 g/mol. The molecule has 0 bridgehead atoms. The Hall–Kier alpha value is -3.49. The molecule has 0 fully saturated rings. The van der Waals surface area contributed by atoms with E-state index in [1.54, 1.807) is 48.5 Å². The molecule has 0 spiro atoms. The van der Waals surface area contributed by atoms with E-state index in [-0.39, 0.29) is 11.1 Å². The first-order valence-corrected chi connectivity index (χ1v) is 9.44. The van der Waals surface area contributed by atoms with E-state index in [1.807, 2.05) is 19.1 Å². The number of rotatable bonds is 6. The van der Waals surface area contributed by atoms with Gasteiger partial charge in [-0.15, -0.1) is 0 Å². The van der Waals surface area contributed by atoms with Crippen molar-refractivity contribution >= 4 is 5.97 Å². The number of carboxylic acids is 1. The quantitative estimate of drug-likeness (QED) is 0.559. The number of aryl methyl sites for hydroxylation is 1. The van der Waals surface area contributed by atoms with Crippen molar-refractivity contribution in [3.05, 3.63) is 106 Å². The summed E-state index contributed by atoms with van der Waals surface area (Å²) in [5, 5.41) is 12.2. The van der Waals surface area contributed by atoms with Gasteiger partial charge in [-0.25, -0.2) is 4.79 Å². The van der Waals surface area contributed by atoms with Crippen LogP contribution in [0.15, 0.2) is 72.8 Å².